The molecule has 304 valence electrons. The SMILES string of the molecule is COC(=O)c1ccc(CBr)cc1.COC(=O)c1ccc(CN(C(=O)N2CCCCC2)c2ccccc2OC)cc1.COc1ccccc1NC(=O)N1CCCCC1. The minimum Gasteiger partial charge on any atom is -0.495 e. The average Bonchev–Trinajstić information content (AvgIpc) is 3.28. The van der Waals surface area contributed by atoms with E-state index in [-0.39, 0.29) is 24.0 Å². The molecule has 0 atom stereocenters. The van der Waals surface area contributed by atoms with Gasteiger partial charge in [-0.2, -0.15) is 0 Å². The maximum atomic E-state index is 13.3. The molecule has 4 amide bonds. The van der Waals surface area contributed by atoms with Crippen LogP contribution in [-0.4, -0.2) is 88.4 Å². The van der Waals surface area contributed by atoms with Crippen molar-refractivity contribution < 1.29 is 38.1 Å². The van der Waals surface area contributed by atoms with E-state index in [0.29, 0.717) is 29.2 Å². The first kappa shape index (κ1) is 44.2. The summed E-state index contributed by atoms with van der Waals surface area (Å²) < 4.78 is 20.0. The molecule has 2 aliphatic heterocycles. The zero-order valence-electron chi connectivity index (χ0n) is 33.2. The van der Waals surface area contributed by atoms with Crippen molar-refractivity contribution in [1.82, 2.24) is 9.80 Å². The maximum Gasteiger partial charge on any atom is 0.337 e. The average molecular weight is 846 g/mol. The second-order valence-corrected chi connectivity index (χ2v) is 13.8. The second kappa shape index (κ2) is 23.5. The summed E-state index contributed by atoms with van der Waals surface area (Å²) in [5.74, 6) is 0.672. The zero-order chi connectivity index (χ0) is 41.0. The number of hydrogen-bond donors (Lipinski definition) is 1. The number of para-hydroxylation sites is 4. The van der Waals surface area contributed by atoms with Crippen molar-refractivity contribution in [3.63, 3.8) is 0 Å². The number of anilines is 2. The number of methoxy groups -OCH3 is 4. The summed E-state index contributed by atoms with van der Waals surface area (Å²) in [6.45, 7) is 3.62. The lowest BCUT2D eigenvalue weighted by Gasteiger charge is -2.33. The molecule has 13 heteroatoms. The Kier molecular flexibility index (Phi) is 18.2. The first-order chi connectivity index (χ1) is 27.7. The van der Waals surface area contributed by atoms with Gasteiger partial charge in [-0.05, 0) is 98.2 Å². The molecule has 0 aromatic heterocycles. The lowest BCUT2D eigenvalue weighted by atomic mass is 10.1. The van der Waals surface area contributed by atoms with E-state index >= 15 is 0 Å². The number of amides is 4. The van der Waals surface area contributed by atoms with Gasteiger partial charge in [0.25, 0.3) is 0 Å². The van der Waals surface area contributed by atoms with E-state index in [0.717, 1.165) is 86.1 Å². The van der Waals surface area contributed by atoms with E-state index in [1.54, 1.807) is 43.4 Å². The Hall–Kier alpha value is -5.56. The number of nitrogens with one attached hydrogen (secondary N) is 1. The fourth-order valence-corrected chi connectivity index (χ4v) is 6.67. The number of carbonyl (C=O) groups is 4. The quantitative estimate of drug-likeness (QED) is 0.131. The highest BCUT2D eigenvalue weighted by molar-refractivity contribution is 9.08. The Morgan fingerprint density at radius 2 is 1.07 bits per heavy atom. The highest BCUT2D eigenvalue weighted by Gasteiger charge is 2.26. The van der Waals surface area contributed by atoms with Crippen molar-refractivity contribution in [3.05, 3.63) is 119 Å². The van der Waals surface area contributed by atoms with Crippen molar-refractivity contribution in [2.45, 2.75) is 50.4 Å². The number of hydrogen-bond acceptors (Lipinski definition) is 8. The molecule has 0 bridgehead atoms. The van der Waals surface area contributed by atoms with Gasteiger partial charge in [0.2, 0.25) is 0 Å². The third-order valence-corrected chi connectivity index (χ3v) is 10.1. The maximum absolute atomic E-state index is 13.3. The van der Waals surface area contributed by atoms with Crippen LogP contribution in [0.25, 0.3) is 0 Å². The van der Waals surface area contributed by atoms with Crippen LogP contribution in [-0.2, 0) is 21.3 Å². The number of urea groups is 2. The summed E-state index contributed by atoms with van der Waals surface area (Å²) >= 11 is 3.32. The number of halogens is 1. The predicted octanol–water partition coefficient (Wildman–Crippen LogP) is 9.18. The summed E-state index contributed by atoms with van der Waals surface area (Å²) in [5.41, 5.74) is 4.59. The molecule has 4 aromatic rings. The zero-order valence-corrected chi connectivity index (χ0v) is 34.8. The Morgan fingerprint density at radius 1 is 0.596 bits per heavy atom. The predicted molar refractivity (Wildman–Crippen MR) is 226 cm³/mol. The van der Waals surface area contributed by atoms with Crippen LogP contribution in [0.5, 0.6) is 11.5 Å². The summed E-state index contributed by atoms with van der Waals surface area (Å²) in [6, 6.07) is 29.3. The molecule has 2 aliphatic rings. The summed E-state index contributed by atoms with van der Waals surface area (Å²) in [7, 11) is 5.94. The molecule has 0 saturated carbocycles. The number of nitrogens with zero attached hydrogens (tertiary/aromatic N) is 3. The van der Waals surface area contributed by atoms with Crippen LogP contribution in [0, 0.1) is 0 Å². The second-order valence-electron chi connectivity index (χ2n) is 13.3. The lowest BCUT2D eigenvalue weighted by molar-refractivity contribution is 0.0592. The smallest absolute Gasteiger partial charge is 0.337 e. The Morgan fingerprint density at radius 3 is 1.58 bits per heavy atom. The van der Waals surface area contributed by atoms with Gasteiger partial charge in [0.05, 0.1) is 57.5 Å². The van der Waals surface area contributed by atoms with Crippen LogP contribution >= 0.6 is 15.9 Å². The van der Waals surface area contributed by atoms with Crippen LogP contribution in [0.2, 0.25) is 0 Å². The summed E-state index contributed by atoms with van der Waals surface area (Å²) in [4.78, 5) is 53.5. The van der Waals surface area contributed by atoms with Crippen molar-refractivity contribution in [1.29, 1.82) is 0 Å². The topological polar surface area (TPSA) is 127 Å². The molecule has 1 N–H and O–H groups in total. The molecule has 6 rings (SSSR count). The molecular weight excluding hydrogens is 792 g/mol. The van der Waals surface area contributed by atoms with Crippen LogP contribution in [0.1, 0.15) is 70.4 Å². The fraction of sp³-hybridized carbons (Fsp3) is 0.364. The van der Waals surface area contributed by atoms with E-state index in [2.05, 4.69) is 26.0 Å². The first-order valence-electron chi connectivity index (χ1n) is 19.0. The number of alkyl halides is 1. The number of rotatable bonds is 9. The summed E-state index contributed by atoms with van der Waals surface area (Å²) in [5, 5.41) is 3.69. The summed E-state index contributed by atoms with van der Waals surface area (Å²) in [6.07, 6.45) is 6.63. The third-order valence-electron chi connectivity index (χ3n) is 9.47. The van der Waals surface area contributed by atoms with Gasteiger partial charge in [0.1, 0.15) is 11.5 Å². The number of benzene rings is 4. The largest absolute Gasteiger partial charge is 0.495 e. The molecule has 4 aromatic carbocycles. The van der Waals surface area contributed by atoms with E-state index < -0.39 is 0 Å². The minimum atomic E-state index is -0.377. The molecular formula is C44H53BrN4O8. The van der Waals surface area contributed by atoms with E-state index in [9.17, 15) is 19.2 Å². The van der Waals surface area contributed by atoms with Crippen LogP contribution in [0.3, 0.4) is 0 Å². The van der Waals surface area contributed by atoms with Gasteiger partial charge in [0, 0.05) is 31.5 Å². The molecule has 0 aliphatic carbocycles. The lowest BCUT2D eigenvalue weighted by Crippen LogP contribution is -2.45. The monoisotopic (exact) mass is 844 g/mol. The van der Waals surface area contributed by atoms with Gasteiger partial charge in [0.15, 0.2) is 0 Å². The van der Waals surface area contributed by atoms with E-state index in [1.165, 1.54) is 20.6 Å². The van der Waals surface area contributed by atoms with Crippen molar-refractivity contribution in [2.24, 2.45) is 0 Å². The Balaban J connectivity index is 0.000000210. The van der Waals surface area contributed by atoms with Crippen LogP contribution in [0.4, 0.5) is 21.0 Å². The third kappa shape index (κ3) is 13.3. The normalized spacial score (nSPS) is 13.4. The molecule has 2 saturated heterocycles. The van der Waals surface area contributed by atoms with Gasteiger partial charge in [-0.3, -0.25) is 4.90 Å². The number of carbonyl (C=O) groups excluding carboxylic acids is 4. The van der Waals surface area contributed by atoms with E-state index in [1.807, 2.05) is 82.6 Å². The Bertz CT molecular complexity index is 1880. The highest BCUT2D eigenvalue weighted by atomic mass is 79.9. The van der Waals surface area contributed by atoms with E-state index in [4.69, 9.17) is 14.2 Å². The number of piperidine rings is 2. The van der Waals surface area contributed by atoms with Gasteiger partial charge in [-0.15, -0.1) is 0 Å². The minimum absolute atomic E-state index is 0.0266. The van der Waals surface area contributed by atoms with Crippen molar-refractivity contribution in [3.8, 4) is 11.5 Å². The van der Waals surface area contributed by atoms with Gasteiger partial charge >= 0.3 is 24.0 Å². The molecule has 57 heavy (non-hydrogen) atoms. The molecule has 12 nitrogen and oxygen atoms in total. The van der Waals surface area contributed by atoms with Crippen LogP contribution in [0.15, 0.2) is 97.1 Å². The molecule has 0 unspecified atom stereocenters. The van der Waals surface area contributed by atoms with Gasteiger partial charge in [-0.25, -0.2) is 19.2 Å². The first-order valence-corrected chi connectivity index (χ1v) is 20.1. The number of likely N-dealkylation sites (tertiary alicyclic amines) is 2. The van der Waals surface area contributed by atoms with Crippen LogP contribution < -0.4 is 19.7 Å². The molecule has 0 spiro atoms. The Labute approximate surface area is 344 Å². The molecule has 2 heterocycles. The number of esters is 2. The highest BCUT2D eigenvalue weighted by Crippen LogP contribution is 2.31. The van der Waals surface area contributed by atoms with Crippen molar-refractivity contribution >= 4 is 51.3 Å². The standard InChI is InChI=1S/C22H26N2O4.C13H18N2O2.C9H9BrO2/c1-27-20-9-5-4-8-19(20)24(22(26)23-14-6-3-7-15-23)16-17-10-12-18(13-11-17)21(25)28-2;1-17-12-8-4-3-7-11(12)14-13(16)15-9-5-2-6-10-15;1-12-9(11)8-4-2-7(6-10)3-5-8/h4-5,8-13H,3,6-7,14-16H2,1-2H3;3-4,7-8H,2,5-6,9-10H2,1H3,(H,14,16);2-5H,6H2,1H3. The van der Waals surface area contributed by atoms with Crippen molar-refractivity contribution in [2.75, 3.05) is 64.8 Å². The van der Waals surface area contributed by atoms with Gasteiger partial charge in [-0.1, -0.05) is 64.5 Å². The molecule has 0 radical (unpaired) electrons. The van der Waals surface area contributed by atoms with Gasteiger partial charge < -0.3 is 34.1 Å². The molecule has 2 fully saturated rings. The number of ether oxygens (including phenoxy) is 4. The fourth-order valence-electron chi connectivity index (χ4n) is 6.30.